The van der Waals surface area contributed by atoms with Gasteiger partial charge in [-0.3, -0.25) is 24.7 Å². The van der Waals surface area contributed by atoms with Crippen molar-refractivity contribution in [1.82, 2.24) is 15.1 Å². The molecule has 1 aliphatic carbocycles. The number of piperidine rings is 2. The van der Waals surface area contributed by atoms with Crippen LogP contribution in [0.1, 0.15) is 77.3 Å². The molecule has 8 nitrogen and oxygen atoms in total. The molecule has 3 fully saturated rings. The largest absolute Gasteiger partial charge is 0.508 e. The topological polar surface area (TPSA) is 79.4 Å². The molecule has 53 heavy (non-hydrogen) atoms. The summed E-state index contributed by atoms with van der Waals surface area (Å²) in [5, 5.41) is 12.7. The van der Waals surface area contributed by atoms with Gasteiger partial charge in [-0.05, 0) is 114 Å². The summed E-state index contributed by atoms with van der Waals surface area (Å²) in [6.07, 6.45) is 5.56. The van der Waals surface area contributed by atoms with E-state index in [4.69, 9.17) is 0 Å². The Morgan fingerprint density at radius 2 is 1.38 bits per heavy atom. The molecule has 3 atom stereocenters. The molecule has 4 aromatic carbocycles. The Hall–Kier alpha value is -4.66. The van der Waals surface area contributed by atoms with Crippen LogP contribution < -0.4 is 15.1 Å². The molecule has 2 N–H and O–H groups in total. The number of aromatic hydroxyl groups is 1. The van der Waals surface area contributed by atoms with Gasteiger partial charge in [0.25, 0.3) is 0 Å². The number of carbonyl (C=O) groups excluding carboxylic acids is 2. The number of phenolic OH excluding ortho intramolecular Hbond substituents is 1. The van der Waals surface area contributed by atoms with E-state index in [0.29, 0.717) is 24.5 Å². The van der Waals surface area contributed by atoms with E-state index in [1.165, 1.54) is 64.1 Å². The second-order valence-electron chi connectivity index (χ2n) is 16.1. The minimum absolute atomic E-state index is 0.146. The van der Waals surface area contributed by atoms with Crippen LogP contribution in [0.15, 0.2) is 91.0 Å². The number of anilines is 2. The number of fused-ring (bicyclic) bond motifs is 2. The molecule has 4 heterocycles. The van der Waals surface area contributed by atoms with Crippen molar-refractivity contribution in [3.63, 3.8) is 0 Å². The standard InChI is InChI=1S/C45H51N5O3/c51-39-13-15-41-34(27-39)9-14-40(32-4-2-1-3-5-32)44(41)33-6-10-37(11-7-33)48-20-18-31(19-21-48)28-47-22-24-49(25-23-47)38-12-8-35-29-50(30-36(35)26-38)42-16-17-43(52)46-45(42)53/h1-8,10-13,15,26-27,31,40,42,44,51H,9,14,16-25,28-30H2,(H,46,52,53)/t40-,42?,44+/m1/s1. The first-order chi connectivity index (χ1) is 25.9. The van der Waals surface area contributed by atoms with Gasteiger partial charge in [-0.15, -0.1) is 0 Å². The van der Waals surface area contributed by atoms with Gasteiger partial charge in [-0.2, -0.15) is 0 Å². The van der Waals surface area contributed by atoms with Crippen molar-refractivity contribution in [2.45, 2.75) is 69.5 Å². The highest BCUT2D eigenvalue weighted by atomic mass is 16.3. The minimum atomic E-state index is -0.213. The van der Waals surface area contributed by atoms with Crippen molar-refractivity contribution in [2.75, 3.05) is 55.6 Å². The number of benzene rings is 4. The summed E-state index contributed by atoms with van der Waals surface area (Å²) in [6.45, 7) is 9.20. The van der Waals surface area contributed by atoms with Crippen LogP contribution in [0.4, 0.5) is 11.4 Å². The number of hydrogen-bond donors (Lipinski definition) is 2. The molecular weight excluding hydrogens is 659 g/mol. The summed E-state index contributed by atoms with van der Waals surface area (Å²) in [5.74, 6) is 1.49. The Morgan fingerprint density at radius 1 is 0.642 bits per heavy atom. The number of phenols is 1. The number of piperazine rings is 1. The molecule has 9 rings (SSSR count). The molecule has 3 saturated heterocycles. The quantitative estimate of drug-likeness (QED) is 0.215. The molecule has 4 aliphatic heterocycles. The number of carbonyl (C=O) groups is 2. The van der Waals surface area contributed by atoms with Crippen LogP contribution in [0.25, 0.3) is 0 Å². The Kier molecular flexibility index (Phi) is 9.43. The molecule has 0 radical (unpaired) electrons. The van der Waals surface area contributed by atoms with E-state index in [1.807, 2.05) is 12.1 Å². The second-order valence-corrected chi connectivity index (χ2v) is 16.1. The van der Waals surface area contributed by atoms with Crippen LogP contribution in [0, 0.1) is 5.92 Å². The van der Waals surface area contributed by atoms with Gasteiger partial charge in [0.1, 0.15) is 5.75 Å². The van der Waals surface area contributed by atoms with E-state index < -0.39 is 0 Å². The smallest absolute Gasteiger partial charge is 0.243 e. The molecule has 0 spiro atoms. The first-order valence-corrected chi connectivity index (χ1v) is 19.8. The minimum Gasteiger partial charge on any atom is -0.508 e. The number of hydrogen-bond acceptors (Lipinski definition) is 7. The third kappa shape index (κ3) is 7.07. The molecule has 8 heteroatoms. The lowest BCUT2D eigenvalue weighted by molar-refractivity contribution is -0.137. The lowest BCUT2D eigenvalue weighted by Gasteiger charge is -2.40. The lowest BCUT2D eigenvalue weighted by Crippen LogP contribution is -2.50. The van der Waals surface area contributed by atoms with E-state index in [2.05, 4.69) is 104 Å². The summed E-state index contributed by atoms with van der Waals surface area (Å²) in [4.78, 5) is 34.1. The van der Waals surface area contributed by atoms with Crippen LogP contribution in [0.5, 0.6) is 5.75 Å². The zero-order chi connectivity index (χ0) is 35.9. The van der Waals surface area contributed by atoms with Crippen molar-refractivity contribution in [1.29, 1.82) is 0 Å². The van der Waals surface area contributed by atoms with Crippen molar-refractivity contribution >= 4 is 23.2 Å². The molecule has 4 aromatic rings. The zero-order valence-electron chi connectivity index (χ0n) is 30.6. The summed E-state index contributed by atoms with van der Waals surface area (Å²) in [5.41, 5.74) is 10.6. The normalized spacial score (nSPS) is 24.2. The zero-order valence-corrected chi connectivity index (χ0v) is 30.6. The molecule has 5 aliphatic rings. The predicted molar refractivity (Wildman–Crippen MR) is 209 cm³/mol. The van der Waals surface area contributed by atoms with Gasteiger partial charge in [0.05, 0.1) is 6.04 Å². The van der Waals surface area contributed by atoms with Crippen molar-refractivity contribution in [3.8, 4) is 5.75 Å². The third-order valence-corrected chi connectivity index (χ3v) is 12.9. The van der Waals surface area contributed by atoms with Crippen LogP contribution >= 0.6 is 0 Å². The summed E-state index contributed by atoms with van der Waals surface area (Å²) in [6, 6.07) is 33.0. The fourth-order valence-electron chi connectivity index (χ4n) is 9.95. The molecule has 0 bridgehead atoms. The summed E-state index contributed by atoms with van der Waals surface area (Å²) >= 11 is 0. The Bertz CT molecular complexity index is 1950. The number of aryl methyl sites for hydroxylation is 1. The molecule has 274 valence electrons. The highest BCUT2D eigenvalue weighted by molar-refractivity contribution is 6.00. The van der Waals surface area contributed by atoms with Crippen LogP contribution in [0.2, 0.25) is 0 Å². The highest BCUT2D eigenvalue weighted by Crippen LogP contribution is 2.47. The first-order valence-electron chi connectivity index (χ1n) is 19.8. The van der Waals surface area contributed by atoms with E-state index in [1.54, 1.807) is 0 Å². The van der Waals surface area contributed by atoms with Gasteiger partial charge < -0.3 is 14.9 Å². The second kappa shape index (κ2) is 14.6. The molecule has 0 aromatic heterocycles. The van der Waals surface area contributed by atoms with Gasteiger partial charge in [0, 0.05) is 82.6 Å². The molecular formula is C45H51N5O3. The fraction of sp³-hybridized carbons (Fsp3) is 0.422. The predicted octanol–water partition coefficient (Wildman–Crippen LogP) is 6.41. The Balaban J connectivity index is 0.774. The van der Waals surface area contributed by atoms with Crippen LogP contribution in [-0.2, 0) is 29.1 Å². The first kappa shape index (κ1) is 34.1. The Morgan fingerprint density at radius 3 is 2.15 bits per heavy atom. The van der Waals surface area contributed by atoms with Gasteiger partial charge in [-0.25, -0.2) is 0 Å². The van der Waals surface area contributed by atoms with Crippen molar-refractivity contribution < 1.29 is 14.7 Å². The van der Waals surface area contributed by atoms with E-state index in [0.717, 1.165) is 71.1 Å². The maximum atomic E-state index is 12.5. The molecule has 1 unspecified atom stereocenters. The van der Waals surface area contributed by atoms with Gasteiger partial charge in [0.15, 0.2) is 0 Å². The molecule has 2 amide bonds. The Labute approximate surface area is 313 Å². The van der Waals surface area contributed by atoms with Crippen LogP contribution in [0.3, 0.4) is 0 Å². The average Bonchev–Trinajstić information content (AvgIpc) is 3.62. The van der Waals surface area contributed by atoms with Gasteiger partial charge >= 0.3 is 0 Å². The summed E-state index contributed by atoms with van der Waals surface area (Å²) < 4.78 is 0. The summed E-state index contributed by atoms with van der Waals surface area (Å²) in [7, 11) is 0. The van der Waals surface area contributed by atoms with E-state index >= 15 is 0 Å². The average molecular weight is 710 g/mol. The SMILES string of the molecule is O=C1CCC(N2Cc3ccc(N4CCN(CC5CCN(c6ccc([C@@H]7c8ccc(O)cc8CC[C@@H]7c7ccccc7)cc6)CC5)CC4)cc3C2)C(=O)N1. The number of imide groups is 1. The number of nitrogens with one attached hydrogen (secondary N) is 1. The number of nitrogens with zero attached hydrogens (tertiary/aromatic N) is 4. The fourth-order valence-corrected chi connectivity index (χ4v) is 9.95. The highest BCUT2D eigenvalue weighted by Gasteiger charge is 2.36. The molecule has 0 saturated carbocycles. The van der Waals surface area contributed by atoms with Crippen molar-refractivity contribution in [3.05, 3.63) is 124 Å². The number of rotatable bonds is 7. The monoisotopic (exact) mass is 709 g/mol. The van der Waals surface area contributed by atoms with Gasteiger partial charge in [0.2, 0.25) is 11.8 Å². The van der Waals surface area contributed by atoms with Crippen LogP contribution in [-0.4, -0.2) is 78.6 Å². The van der Waals surface area contributed by atoms with Crippen molar-refractivity contribution in [2.24, 2.45) is 5.92 Å². The van der Waals surface area contributed by atoms with Gasteiger partial charge in [-0.1, -0.05) is 54.6 Å². The lowest BCUT2D eigenvalue weighted by atomic mass is 9.69. The van der Waals surface area contributed by atoms with E-state index in [-0.39, 0.29) is 23.8 Å². The van der Waals surface area contributed by atoms with E-state index in [9.17, 15) is 14.7 Å². The maximum absolute atomic E-state index is 12.5. The number of amides is 2. The maximum Gasteiger partial charge on any atom is 0.243 e. The third-order valence-electron chi connectivity index (χ3n) is 12.9.